The summed E-state index contributed by atoms with van der Waals surface area (Å²) in [5.41, 5.74) is 1.35. The zero-order chi connectivity index (χ0) is 12.9. The van der Waals surface area contributed by atoms with E-state index in [1.165, 1.54) is 12.1 Å². The Morgan fingerprint density at radius 2 is 2.18 bits per heavy atom. The lowest BCUT2D eigenvalue weighted by atomic mass is 9.83. The SMILES string of the molecule is CCCC(C)(CCl)Cc1ccn(C(C)CC)n1. The van der Waals surface area contributed by atoms with Crippen LogP contribution in [0.4, 0.5) is 0 Å². The molecule has 1 aromatic heterocycles. The Hall–Kier alpha value is -0.500. The molecule has 0 saturated carbocycles. The Kier molecular flexibility index (Phi) is 5.51. The van der Waals surface area contributed by atoms with Gasteiger partial charge in [-0.05, 0) is 37.7 Å². The van der Waals surface area contributed by atoms with Crippen molar-refractivity contribution < 1.29 is 0 Å². The van der Waals surface area contributed by atoms with Crippen LogP contribution in [0.2, 0.25) is 0 Å². The molecule has 0 radical (unpaired) electrons. The molecule has 0 aromatic carbocycles. The predicted octanol–water partition coefficient (Wildman–Crippen LogP) is 4.44. The molecule has 2 atom stereocenters. The van der Waals surface area contributed by atoms with Gasteiger partial charge in [0.15, 0.2) is 0 Å². The summed E-state index contributed by atoms with van der Waals surface area (Å²) in [6.07, 6.45) is 6.52. The molecule has 0 bridgehead atoms. The van der Waals surface area contributed by atoms with Gasteiger partial charge in [0.1, 0.15) is 0 Å². The molecule has 1 aromatic rings. The predicted molar refractivity (Wildman–Crippen MR) is 74.7 cm³/mol. The lowest BCUT2D eigenvalue weighted by molar-refractivity contribution is 0.329. The molecule has 0 aliphatic carbocycles. The van der Waals surface area contributed by atoms with E-state index in [0.29, 0.717) is 11.9 Å². The number of nitrogens with zero attached hydrogens (tertiary/aromatic N) is 2. The minimum absolute atomic E-state index is 0.185. The van der Waals surface area contributed by atoms with Gasteiger partial charge in [-0.2, -0.15) is 5.10 Å². The largest absolute Gasteiger partial charge is 0.270 e. The van der Waals surface area contributed by atoms with Crippen LogP contribution < -0.4 is 0 Å². The molecule has 3 heteroatoms. The first kappa shape index (κ1) is 14.6. The van der Waals surface area contributed by atoms with E-state index in [9.17, 15) is 0 Å². The van der Waals surface area contributed by atoms with E-state index >= 15 is 0 Å². The molecular formula is C14H25ClN2. The molecule has 0 fully saturated rings. The van der Waals surface area contributed by atoms with Gasteiger partial charge in [-0.3, -0.25) is 4.68 Å². The molecule has 0 saturated heterocycles. The standard InChI is InChI=1S/C14H25ClN2/c1-5-8-14(4,11-15)10-13-7-9-17(16-13)12(3)6-2/h7,9,12H,5-6,8,10-11H2,1-4H3. The maximum atomic E-state index is 6.10. The van der Waals surface area contributed by atoms with Crippen LogP contribution in [0.5, 0.6) is 0 Å². The highest BCUT2D eigenvalue weighted by atomic mass is 35.5. The topological polar surface area (TPSA) is 17.8 Å². The molecule has 2 nitrogen and oxygen atoms in total. The molecular weight excluding hydrogens is 232 g/mol. The molecule has 0 amide bonds. The summed E-state index contributed by atoms with van der Waals surface area (Å²) >= 11 is 6.10. The quantitative estimate of drug-likeness (QED) is 0.660. The zero-order valence-electron chi connectivity index (χ0n) is 11.5. The second kappa shape index (κ2) is 6.44. The second-order valence-electron chi connectivity index (χ2n) is 5.42. The van der Waals surface area contributed by atoms with Crippen LogP contribution in [0.3, 0.4) is 0 Å². The van der Waals surface area contributed by atoms with Gasteiger partial charge in [0, 0.05) is 18.1 Å². The highest BCUT2D eigenvalue weighted by Gasteiger charge is 2.24. The smallest absolute Gasteiger partial charge is 0.0630 e. The van der Waals surface area contributed by atoms with Crippen LogP contribution in [0.15, 0.2) is 12.3 Å². The molecule has 98 valence electrons. The van der Waals surface area contributed by atoms with Gasteiger partial charge in [-0.15, -0.1) is 11.6 Å². The van der Waals surface area contributed by atoms with Crippen molar-refractivity contribution in [3.63, 3.8) is 0 Å². The van der Waals surface area contributed by atoms with E-state index in [1.54, 1.807) is 0 Å². The second-order valence-corrected chi connectivity index (χ2v) is 5.68. The van der Waals surface area contributed by atoms with Crippen LogP contribution in [-0.2, 0) is 6.42 Å². The van der Waals surface area contributed by atoms with Crippen LogP contribution in [0, 0.1) is 5.41 Å². The van der Waals surface area contributed by atoms with Gasteiger partial charge >= 0.3 is 0 Å². The third-order valence-corrected chi connectivity index (χ3v) is 4.14. The fourth-order valence-electron chi connectivity index (χ4n) is 2.15. The van der Waals surface area contributed by atoms with Crippen molar-refractivity contribution in [2.75, 3.05) is 5.88 Å². The zero-order valence-corrected chi connectivity index (χ0v) is 12.3. The number of rotatable bonds is 7. The van der Waals surface area contributed by atoms with E-state index in [2.05, 4.69) is 49.7 Å². The Balaban J connectivity index is 2.70. The van der Waals surface area contributed by atoms with Crippen molar-refractivity contribution in [1.82, 2.24) is 9.78 Å². The summed E-state index contributed by atoms with van der Waals surface area (Å²) in [4.78, 5) is 0. The van der Waals surface area contributed by atoms with Gasteiger partial charge < -0.3 is 0 Å². The van der Waals surface area contributed by atoms with Crippen molar-refractivity contribution in [2.45, 2.75) is 59.4 Å². The van der Waals surface area contributed by atoms with Gasteiger partial charge in [-0.1, -0.05) is 27.2 Å². The number of alkyl halides is 1. The van der Waals surface area contributed by atoms with Gasteiger partial charge in [0.05, 0.1) is 5.69 Å². The van der Waals surface area contributed by atoms with Crippen LogP contribution in [-0.4, -0.2) is 15.7 Å². The lowest BCUT2D eigenvalue weighted by Crippen LogP contribution is -2.22. The van der Waals surface area contributed by atoms with Crippen molar-refractivity contribution in [3.05, 3.63) is 18.0 Å². The Bertz CT molecular complexity index is 335. The summed E-state index contributed by atoms with van der Waals surface area (Å²) in [5, 5.41) is 4.65. The Morgan fingerprint density at radius 1 is 1.47 bits per heavy atom. The van der Waals surface area contributed by atoms with Gasteiger partial charge in [0.2, 0.25) is 0 Å². The van der Waals surface area contributed by atoms with Crippen molar-refractivity contribution in [2.24, 2.45) is 5.41 Å². The van der Waals surface area contributed by atoms with Crippen molar-refractivity contribution >= 4 is 11.6 Å². The molecule has 0 N–H and O–H groups in total. The van der Waals surface area contributed by atoms with Crippen molar-refractivity contribution in [3.8, 4) is 0 Å². The first-order chi connectivity index (χ1) is 8.04. The van der Waals surface area contributed by atoms with E-state index in [1.807, 2.05) is 0 Å². The van der Waals surface area contributed by atoms with Crippen LogP contribution in [0.25, 0.3) is 0 Å². The monoisotopic (exact) mass is 256 g/mol. The first-order valence-corrected chi connectivity index (χ1v) is 7.18. The summed E-state index contributed by atoms with van der Waals surface area (Å²) < 4.78 is 2.07. The average molecular weight is 257 g/mol. The van der Waals surface area contributed by atoms with Crippen LogP contribution >= 0.6 is 11.6 Å². The molecule has 0 aliphatic rings. The average Bonchev–Trinajstić information content (AvgIpc) is 2.76. The Morgan fingerprint density at radius 3 is 2.71 bits per heavy atom. The minimum atomic E-state index is 0.185. The maximum Gasteiger partial charge on any atom is 0.0630 e. The number of hydrogen-bond acceptors (Lipinski definition) is 1. The normalized spacial score (nSPS) is 16.8. The van der Waals surface area contributed by atoms with Gasteiger partial charge in [-0.25, -0.2) is 0 Å². The summed E-state index contributed by atoms with van der Waals surface area (Å²) in [5.74, 6) is 0.705. The number of hydrogen-bond donors (Lipinski definition) is 0. The highest BCUT2D eigenvalue weighted by molar-refractivity contribution is 6.18. The molecule has 1 rings (SSSR count). The fraction of sp³-hybridized carbons (Fsp3) is 0.786. The molecule has 17 heavy (non-hydrogen) atoms. The third kappa shape index (κ3) is 4.02. The van der Waals surface area contributed by atoms with Gasteiger partial charge in [0.25, 0.3) is 0 Å². The fourth-order valence-corrected chi connectivity index (χ4v) is 2.38. The van der Waals surface area contributed by atoms with Crippen LogP contribution in [0.1, 0.15) is 58.7 Å². The highest BCUT2D eigenvalue weighted by Crippen LogP contribution is 2.29. The first-order valence-electron chi connectivity index (χ1n) is 6.64. The molecule has 1 heterocycles. The molecule has 2 unspecified atom stereocenters. The summed E-state index contributed by atoms with van der Waals surface area (Å²) in [6, 6.07) is 2.62. The Labute approximate surface area is 110 Å². The summed E-state index contributed by atoms with van der Waals surface area (Å²) in [7, 11) is 0. The van der Waals surface area contributed by atoms with E-state index in [4.69, 9.17) is 11.6 Å². The minimum Gasteiger partial charge on any atom is -0.270 e. The number of halogens is 1. The molecule has 0 spiro atoms. The molecule has 0 aliphatic heterocycles. The third-order valence-electron chi connectivity index (χ3n) is 3.49. The van der Waals surface area contributed by atoms with E-state index in [0.717, 1.165) is 19.3 Å². The maximum absolute atomic E-state index is 6.10. The lowest BCUT2D eigenvalue weighted by Gasteiger charge is -2.25. The van der Waals surface area contributed by atoms with Crippen molar-refractivity contribution in [1.29, 1.82) is 0 Å². The number of aromatic nitrogens is 2. The van der Waals surface area contributed by atoms with E-state index < -0.39 is 0 Å². The van der Waals surface area contributed by atoms with E-state index in [-0.39, 0.29) is 5.41 Å². The summed E-state index contributed by atoms with van der Waals surface area (Å²) in [6.45, 7) is 8.85.